The van der Waals surface area contributed by atoms with Gasteiger partial charge in [-0.05, 0) is 31.6 Å². The summed E-state index contributed by atoms with van der Waals surface area (Å²) in [5.41, 5.74) is 0.137. The van der Waals surface area contributed by atoms with Gasteiger partial charge in [0.25, 0.3) is 0 Å². The molecule has 4 heterocycles. The van der Waals surface area contributed by atoms with Gasteiger partial charge in [-0.15, -0.1) is 0 Å². The van der Waals surface area contributed by atoms with Crippen molar-refractivity contribution in [3.05, 3.63) is 30.3 Å². The van der Waals surface area contributed by atoms with Gasteiger partial charge in [0.15, 0.2) is 5.82 Å². The fourth-order valence-electron chi connectivity index (χ4n) is 4.17. The number of hydrogen-bond donors (Lipinski definition) is 0. The second-order valence-electron chi connectivity index (χ2n) is 7.53. The zero-order valence-corrected chi connectivity index (χ0v) is 16.0. The van der Waals surface area contributed by atoms with E-state index < -0.39 is 0 Å². The van der Waals surface area contributed by atoms with Crippen LogP contribution in [0.4, 0.5) is 0 Å². The Hall–Kier alpha value is -2.55. The van der Waals surface area contributed by atoms with Crippen molar-refractivity contribution >= 4 is 5.91 Å². The standard InChI is InChI=1S/C19H25N5O4/c1-14-22-16(28-23-14)10-18(25)24-7-2-19(3-8-24)4-9-26-12-15(19)13-27-17-11-20-5-6-21-17/h5-6,11,15H,2-4,7-10,12-13H2,1H3/t15-/m1/s1. The summed E-state index contributed by atoms with van der Waals surface area (Å²) in [7, 11) is 0. The van der Waals surface area contributed by atoms with Crippen LogP contribution >= 0.6 is 0 Å². The van der Waals surface area contributed by atoms with E-state index in [-0.39, 0.29) is 23.7 Å². The lowest BCUT2D eigenvalue weighted by Gasteiger charge is -2.48. The van der Waals surface area contributed by atoms with Gasteiger partial charge in [-0.3, -0.25) is 9.78 Å². The predicted molar refractivity (Wildman–Crippen MR) is 97.4 cm³/mol. The van der Waals surface area contributed by atoms with Crippen molar-refractivity contribution in [3.63, 3.8) is 0 Å². The average Bonchev–Trinajstić information content (AvgIpc) is 3.13. The summed E-state index contributed by atoms with van der Waals surface area (Å²) in [6.45, 7) is 5.19. The molecule has 1 amide bonds. The maximum absolute atomic E-state index is 12.6. The highest BCUT2D eigenvalue weighted by Crippen LogP contribution is 2.44. The highest BCUT2D eigenvalue weighted by Gasteiger charge is 2.44. The molecule has 0 saturated carbocycles. The molecule has 2 aromatic rings. The van der Waals surface area contributed by atoms with Crippen LogP contribution in [0, 0.1) is 18.3 Å². The first kappa shape index (κ1) is 18.8. The third-order valence-electron chi connectivity index (χ3n) is 5.89. The zero-order chi connectivity index (χ0) is 19.4. The molecule has 1 spiro atoms. The van der Waals surface area contributed by atoms with Gasteiger partial charge in [-0.1, -0.05) is 5.16 Å². The molecule has 2 saturated heterocycles. The van der Waals surface area contributed by atoms with Gasteiger partial charge in [0.2, 0.25) is 17.7 Å². The Morgan fingerprint density at radius 2 is 2.18 bits per heavy atom. The van der Waals surface area contributed by atoms with E-state index in [2.05, 4.69) is 20.1 Å². The van der Waals surface area contributed by atoms with Crippen molar-refractivity contribution in [2.45, 2.75) is 32.6 Å². The molecule has 4 rings (SSSR count). The van der Waals surface area contributed by atoms with Crippen LogP contribution in [-0.2, 0) is 16.0 Å². The first-order valence-electron chi connectivity index (χ1n) is 9.68. The molecular formula is C19H25N5O4. The number of carbonyl (C=O) groups is 1. The van der Waals surface area contributed by atoms with Gasteiger partial charge >= 0.3 is 0 Å². The van der Waals surface area contributed by atoms with E-state index in [1.165, 1.54) is 0 Å². The molecule has 0 aromatic carbocycles. The Balaban J connectivity index is 1.34. The summed E-state index contributed by atoms with van der Waals surface area (Å²) in [5.74, 6) is 1.78. The minimum absolute atomic E-state index is 0.0397. The van der Waals surface area contributed by atoms with Crippen molar-refractivity contribution in [1.82, 2.24) is 25.0 Å². The molecule has 9 heteroatoms. The van der Waals surface area contributed by atoms with Gasteiger partial charge in [0.1, 0.15) is 6.42 Å². The fourth-order valence-corrected chi connectivity index (χ4v) is 4.17. The number of rotatable bonds is 5. The van der Waals surface area contributed by atoms with Crippen LogP contribution in [0.15, 0.2) is 23.1 Å². The largest absolute Gasteiger partial charge is 0.476 e. The van der Waals surface area contributed by atoms with Crippen LogP contribution in [0.3, 0.4) is 0 Å². The maximum Gasteiger partial charge on any atom is 0.236 e. The number of ether oxygens (including phenoxy) is 2. The molecule has 0 radical (unpaired) electrons. The smallest absolute Gasteiger partial charge is 0.236 e. The lowest BCUT2D eigenvalue weighted by atomic mass is 9.66. The van der Waals surface area contributed by atoms with E-state index in [4.69, 9.17) is 14.0 Å². The quantitative estimate of drug-likeness (QED) is 0.759. The molecule has 28 heavy (non-hydrogen) atoms. The third kappa shape index (κ3) is 4.14. The van der Waals surface area contributed by atoms with E-state index in [0.717, 1.165) is 39.0 Å². The van der Waals surface area contributed by atoms with E-state index in [1.54, 1.807) is 25.5 Å². The Labute approximate surface area is 163 Å². The summed E-state index contributed by atoms with van der Waals surface area (Å²) < 4.78 is 16.7. The Morgan fingerprint density at radius 3 is 2.89 bits per heavy atom. The summed E-state index contributed by atoms with van der Waals surface area (Å²) in [6.07, 6.45) is 7.91. The van der Waals surface area contributed by atoms with Gasteiger partial charge in [0.05, 0.1) is 19.4 Å². The average molecular weight is 387 g/mol. The van der Waals surface area contributed by atoms with Crippen molar-refractivity contribution in [2.75, 3.05) is 32.9 Å². The van der Waals surface area contributed by atoms with Gasteiger partial charge < -0.3 is 18.9 Å². The lowest BCUT2D eigenvalue weighted by molar-refractivity contribution is -0.137. The number of piperidine rings is 1. The Kier molecular flexibility index (Phi) is 5.52. The van der Waals surface area contributed by atoms with E-state index in [0.29, 0.717) is 30.8 Å². The second-order valence-corrected chi connectivity index (χ2v) is 7.53. The molecule has 2 fully saturated rings. The highest BCUT2D eigenvalue weighted by molar-refractivity contribution is 5.77. The summed E-state index contributed by atoms with van der Waals surface area (Å²) in [4.78, 5) is 26.8. The van der Waals surface area contributed by atoms with Gasteiger partial charge in [-0.25, -0.2) is 4.98 Å². The van der Waals surface area contributed by atoms with Crippen molar-refractivity contribution in [1.29, 1.82) is 0 Å². The summed E-state index contributed by atoms with van der Waals surface area (Å²) in [6, 6.07) is 0. The Morgan fingerprint density at radius 1 is 1.32 bits per heavy atom. The van der Waals surface area contributed by atoms with Crippen molar-refractivity contribution < 1.29 is 18.8 Å². The van der Waals surface area contributed by atoms with Gasteiger partial charge in [-0.2, -0.15) is 4.98 Å². The van der Waals surface area contributed by atoms with E-state index in [9.17, 15) is 4.79 Å². The number of aryl methyl sites for hydroxylation is 1. The number of amides is 1. The molecule has 0 aliphatic carbocycles. The zero-order valence-electron chi connectivity index (χ0n) is 16.0. The summed E-state index contributed by atoms with van der Waals surface area (Å²) >= 11 is 0. The third-order valence-corrected chi connectivity index (χ3v) is 5.89. The lowest BCUT2D eigenvalue weighted by Crippen LogP contribution is -2.51. The van der Waals surface area contributed by atoms with Crippen LogP contribution in [0.1, 0.15) is 31.0 Å². The maximum atomic E-state index is 12.6. The van der Waals surface area contributed by atoms with Crippen LogP contribution < -0.4 is 4.74 Å². The normalized spacial score (nSPS) is 21.6. The molecular weight excluding hydrogens is 362 g/mol. The van der Waals surface area contributed by atoms with Crippen molar-refractivity contribution in [3.8, 4) is 5.88 Å². The van der Waals surface area contributed by atoms with Crippen LogP contribution in [0.25, 0.3) is 0 Å². The second kappa shape index (κ2) is 8.22. The number of likely N-dealkylation sites (tertiary alicyclic amines) is 1. The van der Waals surface area contributed by atoms with Gasteiger partial charge in [0, 0.05) is 38.0 Å². The summed E-state index contributed by atoms with van der Waals surface area (Å²) in [5, 5.41) is 3.74. The predicted octanol–water partition coefficient (Wildman–Crippen LogP) is 1.43. The molecule has 0 unspecified atom stereocenters. The van der Waals surface area contributed by atoms with Crippen LogP contribution in [0.2, 0.25) is 0 Å². The molecule has 2 aromatic heterocycles. The number of hydrogen-bond acceptors (Lipinski definition) is 8. The molecule has 2 aliphatic heterocycles. The first-order valence-corrected chi connectivity index (χ1v) is 9.68. The van der Waals surface area contributed by atoms with Crippen LogP contribution in [-0.4, -0.2) is 63.8 Å². The fraction of sp³-hybridized carbons (Fsp3) is 0.632. The SMILES string of the molecule is Cc1noc(CC(=O)N2CCC3(CCOC[C@@H]3COc3cnccn3)CC2)n1. The first-order chi connectivity index (χ1) is 13.6. The Bertz CT molecular complexity index is 789. The molecule has 150 valence electrons. The number of aromatic nitrogens is 4. The highest BCUT2D eigenvalue weighted by atomic mass is 16.5. The monoisotopic (exact) mass is 387 g/mol. The molecule has 9 nitrogen and oxygen atoms in total. The minimum Gasteiger partial charge on any atom is -0.476 e. The van der Waals surface area contributed by atoms with E-state index >= 15 is 0 Å². The minimum atomic E-state index is 0.0397. The molecule has 0 N–H and O–H groups in total. The van der Waals surface area contributed by atoms with Crippen molar-refractivity contribution in [2.24, 2.45) is 11.3 Å². The molecule has 2 aliphatic rings. The topological polar surface area (TPSA) is 103 Å². The molecule has 1 atom stereocenters. The number of nitrogens with zero attached hydrogens (tertiary/aromatic N) is 5. The number of carbonyl (C=O) groups excluding carboxylic acids is 1. The van der Waals surface area contributed by atoms with Crippen LogP contribution in [0.5, 0.6) is 5.88 Å². The molecule has 0 bridgehead atoms. The van der Waals surface area contributed by atoms with E-state index in [1.807, 2.05) is 4.90 Å².